The molecule has 1 saturated carbocycles. The number of pyridine rings is 1. The van der Waals surface area contributed by atoms with Gasteiger partial charge in [-0.3, -0.25) is 4.99 Å². The van der Waals surface area contributed by atoms with Crippen molar-refractivity contribution < 1.29 is 0 Å². The lowest BCUT2D eigenvalue weighted by molar-refractivity contribution is 0.299. The second-order valence-electron chi connectivity index (χ2n) is 7.03. The molecular weight excluding hydrogens is 298 g/mol. The van der Waals surface area contributed by atoms with Gasteiger partial charge >= 0.3 is 0 Å². The van der Waals surface area contributed by atoms with E-state index in [4.69, 9.17) is 0 Å². The maximum Gasteiger partial charge on any atom is 0.193 e. The Kier molecular flexibility index (Phi) is 6.33. The number of hydrogen-bond acceptors (Lipinski definition) is 3. The summed E-state index contributed by atoms with van der Waals surface area (Å²) in [6, 6.07) is 5.96. The first kappa shape index (κ1) is 17.1. The molecule has 1 aliphatic carbocycles. The van der Waals surface area contributed by atoms with Gasteiger partial charge in [-0.05, 0) is 49.7 Å². The lowest BCUT2D eigenvalue weighted by Gasteiger charge is -2.22. The van der Waals surface area contributed by atoms with E-state index in [0.29, 0.717) is 0 Å². The third-order valence-electron chi connectivity index (χ3n) is 5.35. The van der Waals surface area contributed by atoms with Crippen molar-refractivity contribution in [2.75, 3.05) is 38.5 Å². The Morgan fingerprint density at radius 3 is 2.58 bits per heavy atom. The average Bonchev–Trinajstić information content (AvgIpc) is 3.06. The lowest BCUT2D eigenvalue weighted by Crippen LogP contribution is -2.40. The molecule has 3 rings (SSSR count). The molecule has 0 spiro atoms. The maximum absolute atomic E-state index is 4.50. The number of fused-ring (bicyclic) bond motifs is 1. The first-order valence-corrected chi connectivity index (χ1v) is 9.47. The molecular formula is C19H31N5. The molecule has 2 unspecified atom stereocenters. The van der Waals surface area contributed by atoms with Crippen molar-refractivity contribution in [3.63, 3.8) is 0 Å². The number of unbranched alkanes of at least 4 members (excludes halogenated alkanes) is 1. The van der Waals surface area contributed by atoms with Crippen LogP contribution in [-0.4, -0.2) is 49.1 Å². The van der Waals surface area contributed by atoms with Gasteiger partial charge in [-0.15, -0.1) is 0 Å². The Balaban J connectivity index is 1.32. The minimum absolute atomic E-state index is 0.903. The predicted octanol–water partition coefficient (Wildman–Crippen LogP) is 2.97. The highest BCUT2D eigenvalue weighted by Gasteiger charge is 2.35. The second-order valence-corrected chi connectivity index (χ2v) is 7.03. The smallest absolute Gasteiger partial charge is 0.193 e. The monoisotopic (exact) mass is 329 g/mol. The summed E-state index contributed by atoms with van der Waals surface area (Å²) in [7, 11) is 1.91. The van der Waals surface area contributed by atoms with E-state index in [1.165, 1.54) is 38.8 Å². The molecule has 5 nitrogen and oxygen atoms in total. The van der Waals surface area contributed by atoms with E-state index in [-0.39, 0.29) is 0 Å². The number of aromatic nitrogens is 1. The summed E-state index contributed by atoms with van der Waals surface area (Å²) in [6.07, 6.45) is 9.76. The van der Waals surface area contributed by atoms with Crippen molar-refractivity contribution in [3.05, 3.63) is 24.4 Å². The SMILES string of the molecule is CN=C(NCCCCNc1ccccn1)N1CC2CCCCC2C1. The van der Waals surface area contributed by atoms with Gasteiger partial charge in [-0.25, -0.2) is 4.98 Å². The van der Waals surface area contributed by atoms with Gasteiger partial charge < -0.3 is 15.5 Å². The van der Waals surface area contributed by atoms with E-state index in [1.807, 2.05) is 31.4 Å². The Morgan fingerprint density at radius 2 is 1.92 bits per heavy atom. The number of nitrogens with one attached hydrogen (secondary N) is 2. The van der Waals surface area contributed by atoms with Crippen molar-refractivity contribution in [1.82, 2.24) is 15.2 Å². The number of rotatable bonds is 6. The Labute approximate surface area is 146 Å². The standard InChI is InChI=1S/C19H31N5/c1-20-19(24-14-16-8-2-3-9-17(16)15-24)23-13-7-6-12-22-18-10-4-5-11-21-18/h4-5,10-11,16-17H,2-3,6-9,12-15H2,1H3,(H,20,23)(H,21,22). The first-order valence-electron chi connectivity index (χ1n) is 9.47. The van der Waals surface area contributed by atoms with Crippen molar-refractivity contribution in [1.29, 1.82) is 0 Å². The molecule has 24 heavy (non-hydrogen) atoms. The van der Waals surface area contributed by atoms with Crippen LogP contribution in [0.2, 0.25) is 0 Å². The molecule has 0 amide bonds. The third-order valence-corrected chi connectivity index (χ3v) is 5.35. The van der Waals surface area contributed by atoms with E-state index in [9.17, 15) is 0 Å². The van der Waals surface area contributed by atoms with Crippen LogP contribution in [0, 0.1) is 11.8 Å². The summed E-state index contributed by atoms with van der Waals surface area (Å²) in [5.41, 5.74) is 0. The highest BCUT2D eigenvalue weighted by molar-refractivity contribution is 5.80. The Morgan fingerprint density at radius 1 is 1.17 bits per heavy atom. The van der Waals surface area contributed by atoms with E-state index in [0.717, 1.165) is 49.5 Å². The van der Waals surface area contributed by atoms with E-state index in [1.54, 1.807) is 0 Å². The Hall–Kier alpha value is -1.78. The largest absolute Gasteiger partial charge is 0.370 e. The number of nitrogens with zero attached hydrogens (tertiary/aromatic N) is 3. The van der Waals surface area contributed by atoms with Gasteiger partial charge in [0, 0.05) is 39.4 Å². The minimum Gasteiger partial charge on any atom is -0.370 e. The van der Waals surface area contributed by atoms with E-state index >= 15 is 0 Å². The molecule has 1 aliphatic heterocycles. The molecule has 0 aromatic carbocycles. The van der Waals surface area contributed by atoms with Gasteiger partial charge in [-0.2, -0.15) is 0 Å². The minimum atomic E-state index is 0.903. The molecule has 5 heteroatoms. The summed E-state index contributed by atoms with van der Waals surface area (Å²) in [4.78, 5) is 11.3. The topological polar surface area (TPSA) is 52.6 Å². The number of anilines is 1. The second kappa shape index (κ2) is 8.90. The van der Waals surface area contributed by atoms with Crippen molar-refractivity contribution in [2.24, 2.45) is 16.8 Å². The average molecular weight is 329 g/mol. The van der Waals surface area contributed by atoms with Crippen LogP contribution in [0.3, 0.4) is 0 Å². The van der Waals surface area contributed by atoms with Crippen molar-refractivity contribution in [3.8, 4) is 0 Å². The molecule has 1 aromatic rings. The molecule has 2 heterocycles. The molecule has 1 saturated heterocycles. The van der Waals surface area contributed by atoms with Crippen LogP contribution < -0.4 is 10.6 Å². The van der Waals surface area contributed by atoms with Crippen LogP contribution in [-0.2, 0) is 0 Å². The summed E-state index contributed by atoms with van der Waals surface area (Å²) < 4.78 is 0. The normalized spacial score (nSPS) is 23.9. The van der Waals surface area contributed by atoms with Gasteiger partial charge in [0.05, 0.1) is 0 Å². The first-order chi connectivity index (χ1) is 11.9. The lowest BCUT2D eigenvalue weighted by atomic mass is 9.82. The van der Waals surface area contributed by atoms with E-state index in [2.05, 4.69) is 25.5 Å². The molecule has 0 radical (unpaired) electrons. The zero-order valence-electron chi connectivity index (χ0n) is 14.9. The van der Waals surface area contributed by atoms with Gasteiger partial charge in [-0.1, -0.05) is 18.9 Å². The van der Waals surface area contributed by atoms with Crippen LogP contribution >= 0.6 is 0 Å². The fourth-order valence-corrected chi connectivity index (χ4v) is 4.05. The summed E-state index contributed by atoms with van der Waals surface area (Å²) >= 11 is 0. The van der Waals surface area contributed by atoms with Crippen molar-refractivity contribution in [2.45, 2.75) is 38.5 Å². The van der Waals surface area contributed by atoms with Gasteiger partial charge in [0.2, 0.25) is 0 Å². The highest BCUT2D eigenvalue weighted by Crippen LogP contribution is 2.35. The molecule has 2 aliphatic rings. The summed E-state index contributed by atoms with van der Waals surface area (Å²) in [6.45, 7) is 4.35. The fraction of sp³-hybridized carbons (Fsp3) is 0.684. The highest BCUT2D eigenvalue weighted by atomic mass is 15.3. The van der Waals surface area contributed by atoms with Crippen LogP contribution in [0.4, 0.5) is 5.82 Å². The molecule has 0 bridgehead atoms. The molecule has 2 atom stereocenters. The number of guanidine groups is 1. The zero-order chi connectivity index (χ0) is 16.6. The maximum atomic E-state index is 4.50. The van der Waals surface area contributed by atoms with Gasteiger partial charge in [0.25, 0.3) is 0 Å². The van der Waals surface area contributed by atoms with Gasteiger partial charge in [0.15, 0.2) is 5.96 Å². The molecule has 2 fully saturated rings. The Bertz CT molecular complexity index is 502. The van der Waals surface area contributed by atoms with Crippen LogP contribution in [0.5, 0.6) is 0 Å². The summed E-state index contributed by atoms with van der Waals surface area (Å²) in [5.74, 6) is 3.86. The molecule has 1 aromatic heterocycles. The third kappa shape index (κ3) is 4.62. The van der Waals surface area contributed by atoms with Crippen LogP contribution in [0.15, 0.2) is 29.4 Å². The fourth-order valence-electron chi connectivity index (χ4n) is 4.05. The number of hydrogen-bond donors (Lipinski definition) is 2. The number of likely N-dealkylation sites (tertiary alicyclic amines) is 1. The van der Waals surface area contributed by atoms with Crippen LogP contribution in [0.1, 0.15) is 38.5 Å². The summed E-state index contributed by atoms with van der Waals surface area (Å²) in [5, 5.41) is 6.91. The number of aliphatic imine (C=N–C) groups is 1. The van der Waals surface area contributed by atoms with Crippen LogP contribution in [0.25, 0.3) is 0 Å². The quantitative estimate of drug-likeness (QED) is 0.479. The molecule has 2 N–H and O–H groups in total. The molecule has 132 valence electrons. The van der Waals surface area contributed by atoms with Crippen molar-refractivity contribution >= 4 is 11.8 Å². The zero-order valence-corrected chi connectivity index (χ0v) is 14.9. The predicted molar refractivity (Wildman–Crippen MR) is 100 cm³/mol. The van der Waals surface area contributed by atoms with Gasteiger partial charge in [0.1, 0.15) is 5.82 Å². The van der Waals surface area contributed by atoms with E-state index < -0.39 is 0 Å².